The summed E-state index contributed by atoms with van der Waals surface area (Å²) in [6, 6.07) is 15.2. The lowest BCUT2D eigenvalue weighted by atomic mass is 10.1. The fraction of sp³-hybridized carbons (Fsp3) is 0.280. The van der Waals surface area contributed by atoms with Gasteiger partial charge in [-0.2, -0.15) is 0 Å². The largest absolute Gasteiger partial charge is 0.454 e. The van der Waals surface area contributed by atoms with Crippen LogP contribution in [0.15, 0.2) is 60.0 Å². The van der Waals surface area contributed by atoms with Crippen LogP contribution in [0, 0.1) is 5.82 Å². The van der Waals surface area contributed by atoms with Gasteiger partial charge in [-0.05, 0) is 41.3 Å². The van der Waals surface area contributed by atoms with E-state index in [2.05, 4.69) is 0 Å². The molecule has 0 bridgehead atoms. The third-order valence-electron chi connectivity index (χ3n) is 5.37. The molecule has 0 saturated heterocycles. The maximum Gasteiger partial charge on any atom is 0.257 e. The fourth-order valence-corrected chi connectivity index (χ4v) is 4.32. The molecule has 0 radical (unpaired) electrons. The number of carbonyl (C=O) groups is 2. The van der Waals surface area contributed by atoms with Gasteiger partial charge in [-0.15, -0.1) is 11.3 Å². The van der Waals surface area contributed by atoms with E-state index in [4.69, 9.17) is 14.2 Å². The molecule has 1 aliphatic heterocycles. The summed E-state index contributed by atoms with van der Waals surface area (Å²) >= 11 is 1.55. The Kier molecular flexibility index (Phi) is 7.76. The number of halogens is 1. The van der Waals surface area contributed by atoms with Gasteiger partial charge in [0.1, 0.15) is 12.4 Å². The van der Waals surface area contributed by atoms with Gasteiger partial charge in [0, 0.05) is 25.1 Å². The predicted molar refractivity (Wildman–Crippen MR) is 125 cm³/mol. The van der Waals surface area contributed by atoms with E-state index in [1.807, 2.05) is 35.7 Å². The van der Waals surface area contributed by atoms with Crippen molar-refractivity contribution in [1.82, 2.24) is 9.80 Å². The van der Waals surface area contributed by atoms with Crippen LogP contribution in [0.4, 0.5) is 4.39 Å². The minimum Gasteiger partial charge on any atom is -0.454 e. The lowest BCUT2D eigenvalue weighted by Crippen LogP contribution is -2.43. The van der Waals surface area contributed by atoms with Gasteiger partial charge in [0.2, 0.25) is 12.7 Å². The number of nitrogens with zero attached hydrogens (tertiary/aromatic N) is 2. The van der Waals surface area contributed by atoms with Crippen LogP contribution in [0.25, 0.3) is 0 Å². The number of hydrogen-bond donors (Lipinski definition) is 0. The molecule has 178 valence electrons. The summed E-state index contributed by atoms with van der Waals surface area (Å²) in [5, 5.41) is 1.95. The van der Waals surface area contributed by atoms with E-state index in [9.17, 15) is 14.0 Å². The highest BCUT2D eigenvalue weighted by atomic mass is 32.1. The van der Waals surface area contributed by atoms with Crippen LogP contribution in [-0.4, -0.2) is 55.2 Å². The second kappa shape index (κ2) is 11.1. The number of methoxy groups -OCH3 is 1. The standard InChI is InChI=1S/C25H25FN2O5S/c1-31-11-10-27(25(30)20-6-2-3-7-21(20)26)16-24(29)28(15-19-5-4-12-34-19)14-18-8-9-22-23(13-18)33-17-32-22/h2-9,12-13H,10-11,14-17H2,1H3. The van der Waals surface area contributed by atoms with E-state index in [0.717, 1.165) is 10.4 Å². The fourth-order valence-electron chi connectivity index (χ4n) is 3.60. The van der Waals surface area contributed by atoms with E-state index < -0.39 is 11.7 Å². The van der Waals surface area contributed by atoms with E-state index in [-0.39, 0.29) is 38.0 Å². The third kappa shape index (κ3) is 5.73. The van der Waals surface area contributed by atoms with E-state index in [0.29, 0.717) is 24.6 Å². The van der Waals surface area contributed by atoms with Gasteiger partial charge in [-0.25, -0.2) is 4.39 Å². The molecule has 34 heavy (non-hydrogen) atoms. The van der Waals surface area contributed by atoms with Crippen molar-refractivity contribution in [3.63, 3.8) is 0 Å². The van der Waals surface area contributed by atoms with Crippen molar-refractivity contribution in [2.45, 2.75) is 13.1 Å². The number of carbonyl (C=O) groups excluding carboxylic acids is 2. The second-order valence-corrected chi connectivity index (χ2v) is 8.75. The Bertz CT molecular complexity index is 1140. The summed E-state index contributed by atoms with van der Waals surface area (Å²) in [5.41, 5.74) is 0.796. The highest BCUT2D eigenvalue weighted by molar-refractivity contribution is 7.09. The summed E-state index contributed by atoms with van der Waals surface area (Å²) in [4.78, 5) is 30.5. The van der Waals surface area contributed by atoms with Crippen LogP contribution in [0.1, 0.15) is 20.8 Å². The molecule has 2 heterocycles. The zero-order chi connectivity index (χ0) is 23.9. The molecule has 1 aromatic heterocycles. The van der Waals surface area contributed by atoms with Gasteiger partial charge in [-0.3, -0.25) is 9.59 Å². The molecule has 0 atom stereocenters. The number of amides is 2. The van der Waals surface area contributed by atoms with Crippen molar-refractivity contribution < 1.29 is 28.2 Å². The monoisotopic (exact) mass is 484 g/mol. The van der Waals surface area contributed by atoms with Crippen molar-refractivity contribution in [3.05, 3.63) is 81.8 Å². The Balaban J connectivity index is 1.54. The van der Waals surface area contributed by atoms with Gasteiger partial charge < -0.3 is 24.0 Å². The molecule has 4 rings (SSSR count). The summed E-state index contributed by atoms with van der Waals surface area (Å²) in [7, 11) is 1.51. The molecule has 0 aliphatic carbocycles. The predicted octanol–water partition coefficient (Wildman–Crippen LogP) is 3.93. The van der Waals surface area contributed by atoms with Crippen molar-refractivity contribution in [1.29, 1.82) is 0 Å². The molecule has 0 N–H and O–H groups in total. The zero-order valence-corrected chi connectivity index (χ0v) is 19.6. The molecule has 3 aromatic rings. The van der Waals surface area contributed by atoms with Crippen molar-refractivity contribution in [2.75, 3.05) is 33.6 Å². The zero-order valence-electron chi connectivity index (χ0n) is 18.7. The first kappa shape index (κ1) is 23.7. The van der Waals surface area contributed by atoms with Crippen LogP contribution in [-0.2, 0) is 22.6 Å². The van der Waals surface area contributed by atoms with E-state index in [1.54, 1.807) is 22.3 Å². The molecule has 2 aromatic carbocycles. The maximum absolute atomic E-state index is 14.3. The highest BCUT2D eigenvalue weighted by Gasteiger charge is 2.25. The average molecular weight is 485 g/mol. The van der Waals surface area contributed by atoms with Crippen LogP contribution in [0.5, 0.6) is 11.5 Å². The van der Waals surface area contributed by atoms with Gasteiger partial charge in [0.15, 0.2) is 11.5 Å². The van der Waals surface area contributed by atoms with Crippen LogP contribution in [0.3, 0.4) is 0 Å². The molecule has 1 aliphatic rings. The Morgan fingerprint density at radius 1 is 1.03 bits per heavy atom. The third-order valence-corrected chi connectivity index (χ3v) is 6.23. The number of thiophene rings is 1. The number of benzene rings is 2. The Morgan fingerprint density at radius 2 is 1.85 bits per heavy atom. The molecular formula is C25H25FN2O5S. The minimum absolute atomic E-state index is 0.0769. The molecular weight excluding hydrogens is 459 g/mol. The molecule has 7 nitrogen and oxygen atoms in total. The maximum atomic E-state index is 14.3. The van der Waals surface area contributed by atoms with Crippen LogP contribution in [0.2, 0.25) is 0 Å². The summed E-state index contributed by atoms with van der Waals surface area (Å²) in [5.74, 6) is -0.133. The number of hydrogen-bond acceptors (Lipinski definition) is 6. The minimum atomic E-state index is -0.627. The average Bonchev–Trinajstić information content (AvgIpc) is 3.53. The Labute approximate surface area is 201 Å². The first-order valence-corrected chi connectivity index (χ1v) is 11.6. The summed E-state index contributed by atoms with van der Waals surface area (Å²) < 4.78 is 30.2. The van der Waals surface area contributed by atoms with Crippen molar-refractivity contribution >= 4 is 23.2 Å². The molecule has 9 heteroatoms. The van der Waals surface area contributed by atoms with Gasteiger partial charge in [0.05, 0.1) is 18.7 Å². The quantitative estimate of drug-likeness (QED) is 0.436. The van der Waals surface area contributed by atoms with Crippen LogP contribution < -0.4 is 9.47 Å². The Morgan fingerprint density at radius 3 is 2.62 bits per heavy atom. The molecule has 0 saturated carbocycles. The van der Waals surface area contributed by atoms with E-state index in [1.165, 1.54) is 30.2 Å². The number of fused-ring (bicyclic) bond motifs is 1. The Hall–Kier alpha value is -3.43. The first-order valence-electron chi connectivity index (χ1n) is 10.8. The molecule has 0 unspecified atom stereocenters. The molecule has 2 amide bonds. The smallest absolute Gasteiger partial charge is 0.257 e. The second-order valence-electron chi connectivity index (χ2n) is 7.72. The van der Waals surface area contributed by atoms with Crippen molar-refractivity contribution in [2.24, 2.45) is 0 Å². The number of ether oxygens (including phenoxy) is 3. The summed E-state index contributed by atoms with van der Waals surface area (Å²) in [6.07, 6.45) is 0. The summed E-state index contributed by atoms with van der Waals surface area (Å²) in [6.45, 7) is 1.05. The lowest BCUT2D eigenvalue weighted by Gasteiger charge is -2.28. The molecule has 0 fully saturated rings. The van der Waals surface area contributed by atoms with Gasteiger partial charge >= 0.3 is 0 Å². The lowest BCUT2D eigenvalue weighted by molar-refractivity contribution is -0.133. The van der Waals surface area contributed by atoms with Gasteiger partial charge in [-0.1, -0.05) is 24.3 Å². The SMILES string of the molecule is COCCN(CC(=O)N(Cc1ccc2c(c1)OCO2)Cc1cccs1)C(=O)c1ccccc1F. The molecule has 0 spiro atoms. The number of rotatable bonds is 10. The normalized spacial score (nSPS) is 11.9. The van der Waals surface area contributed by atoms with Crippen LogP contribution >= 0.6 is 11.3 Å². The van der Waals surface area contributed by atoms with Gasteiger partial charge in [0.25, 0.3) is 5.91 Å². The first-order chi connectivity index (χ1) is 16.5. The topological polar surface area (TPSA) is 68.3 Å². The highest BCUT2D eigenvalue weighted by Crippen LogP contribution is 2.33. The van der Waals surface area contributed by atoms with E-state index >= 15 is 0 Å². The van der Waals surface area contributed by atoms with Crippen molar-refractivity contribution in [3.8, 4) is 11.5 Å².